The van der Waals surface area contributed by atoms with E-state index in [0.29, 0.717) is 5.78 Å². The van der Waals surface area contributed by atoms with Gasteiger partial charge in [-0.2, -0.15) is 0 Å². The molecule has 0 spiro atoms. The summed E-state index contributed by atoms with van der Waals surface area (Å²) in [5.74, 6) is 0.697. The molecule has 3 rings (SSSR count). The van der Waals surface area contributed by atoms with Crippen molar-refractivity contribution in [3.63, 3.8) is 0 Å². The second-order valence-electron chi connectivity index (χ2n) is 3.19. The lowest BCUT2D eigenvalue weighted by Gasteiger charge is -1.90. The largest absolute Gasteiger partial charge is 0.360 e. The highest BCUT2D eigenvalue weighted by molar-refractivity contribution is 9.10. The second kappa shape index (κ2) is 3.20. The maximum Gasteiger partial charge on any atom is 0.234 e. The summed E-state index contributed by atoms with van der Waals surface area (Å²) in [5.41, 5.74) is 1.89. The normalized spacial score (nSPS) is 11.0. The van der Waals surface area contributed by atoms with E-state index in [1.54, 1.807) is 6.20 Å². The van der Waals surface area contributed by atoms with Gasteiger partial charge < -0.3 is 4.98 Å². The Bertz CT molecular complexity index is 597. The number of nitrogens with zero attached hydrogens (tertiary/aromatic N) is 3. The third-order valence-corrected chi connectivity index (χ3v) is 2.56. The van der Waals surface area contributed by atoms with Gasteiger partial charge in [-0.1, -0.05) is 0 Å². The molecule has 0 saturated carbocycles. The van der Waals surface area contributed by atoms with Gasteiger partial charge in [0.15, 0.2) is 0 Å². The Morgan fingerprint density at radius 1 is 1.33 bits per heavy atom. The molecule has 0 aromatic carbocycles. The summed E-state index contributed by atoms with van der Waals surface area (Å²) in [4.78, 5) is 11.7. The first-order valence-electron chi connectivity index (χ1n) is 4.47. The molecule has 0 unspecified atom stereocenters. The fraction of sp³-hybridized carbons (Fsp3) is 0. The quantitative estimate of drug-likeness (QED) is 0.733. The average Bonchev–Trinajstić information content (AvgIpc) is 2.84. The molecule has 0 saturated heterocycles. The van der Waals surface area contributed by atoms with Crippen LogP contribution >= 0.6 is 15.9 Å². The van der Waals surface area contributed by atoms with Gasteiger partial charge in [0.25, 0.3) is 0 Å². The van der Waals surface area contributed by atoms with Crippen LogP contribution in [0, 0.1) is 0 Å². The van der Waals surface area contributed by atoms with Crippen LogP contribution < -0.4 is 0 Å². The summed E-state index contributed by atoms with van der Waals surface area (Å²) in [5, 5.41) is 0. The van der Waals surface area contributed by atoms with Gasteiger partial charge in [-0.15, -0.1) is 0 Å². The molecule has 74 valence electrons. The Hall–Kier alpha value is -1.62. The van der Waals surface area contributed by atoms with Crippen LogP contribution in [0.25, 0.3) is 17.2 Å². The van der Waals surface area contributed by atoms with E-state index in [-0.39, 0.29) is 0 Å². The van der Waals surface area contributed by atoms with Crippen LogP contribution in [-0.4, -0.2) is 19.4 Å². The highest BCUT2D eigenvalue weighted by Crippen LogP contribution is 2.17. The van der Waals surface area contributed by atoms with Crippen molar-refractivity contribution >= 4 is 21.7 Å². The molecule has 5 heteroatoms. The fourth-order valence-electron chi connectivity index (χ4n) is 1.48. The zero-order valence-electron chi connectivity index (χ0n) is 7.68. The monoisotopic (exact) mass is 262 g/mol. The molecule has 0 fully saturated rings. The first kappa shape index (κ1) is 8.67. The Morgan fingerprint density at radius 3 is 3.07 bits per heavy atom. The molecule has 0 aliphatic rings. The van der Waals surface area contributed by atoms with Crippen LogP contribution in [0.3, 0.4) is 0 Å². The minimum atomic E-state index is 0.697. The predicted molar refractivity (Wildman–Crippen MR) is 60.5 cm³/mol. The Morgan fingerprint density at radius 2 is 2.27 bits per heavy atom. The van der Waals surface area contributed by atoms with Gasteiger partial charge in [0.05, 0.1) is 10.2 Å². The number of fused-ring (bicyclic) bond motifs is 1. The molecule has 3 aromatic rings. The van der Waals surface area contributed by atoms with E-state index >= 15 is 0 Å². The molecule has 0 aliphatic heterocycles. The van der Waals surface area contributed by atoms with Crippen LogP contribution in [0.2, 0.25) is 0 Å². The summed E-state index contributed by atoms with van der Waals surface area (Å²) in [6.45, 7) is 0. The number of nitrogens with one attached hydrogen (secondary N) is 1. The van der Waals surface area contributed by atoms with Gasteiger partial charge in [0.2, 0.25) is 5.78 Å². The molecule has 0 aliphatic carbocycles. The molecule has 15 heavy (non-hydrogen) atoms. The molecule has 3 heterocycles. The number of aromatic amines is 1. The van der Waals surface area contributed by atoms with Gasteiger partial charge >= 0.3 is 0 Å². The molecular weight excluding hydrogens is 256 g/mol. The highest BCUT2D eigenvalue weighted by Gasteiger charge is 2.05. The molecule has 0 bridgehead atoms. The maximum absolute atomic E-state index is 4.40. The molecule has 3 aromatic heterocycles. The minimum Gasteiger partial charge on any atom is -0.360 e. The fourth-order valence-corrected chi connectivity index (χ4v) is 1.80. The van der Waals surface area contributed by atoms with Crippen molar-refractivity contribution in [3.05, 3.63) is 41.4 Å². The van der Waals surface area contributed by atoms with Crippen molar-refractivity contribution in [1.29, 1.82) is 0 Å². The van der Waals surface area contributed by atoms with Crippen LogP contribution in [0.1, 0.15) is 0 Å². The number of imidazole rings is 1. The van der Waals surface area contributed by atoms with Gasteiger partial charge in [0, 0.05) is 24.8 Å². The summed E-state index contributed by atoms with van der Waals surface area (Å²) >= 11 is 3.37. The Balaban J connectivity index is 2.22. The number of hydrogen-bond acceptors (Lipinski definition) is 2. The number of halogens is 1. The van der Waals surface area contributed by atoms with Crippen molar-refractivity contribution in [2.24, 2.45) is 0 Å². The first-order chi connectivity index (χ1) is 7.33. The summed E-state index contributed by atoms with van der Waals surface area (Å²) in [7, 11) is 0. The van der Waals surface area contributed by atoms with E-state index < -0.39 is 0 Å². The predicted octanol–water partition coefficient (Wildman–Crippen LogP) is 2.49. The Labute approximate surface area is 94.1 Å². The first-order valence-corrected chi connectivity index (χ1v) is 5.26. The number of hydrogen-bond donors (Lipinski definition) is 1. The van der Waals surface area contributed by atoms with Gasteiger partial charge in [-0.3, -0.25) is 4.40 Å². The van der Waals surface area contributed by atoms with E-state index in [0.717, 1.165) is 15.9 Å². The third-order valence-electron chi connectivity index (χ3n) is 2.15. The lowest BCUT2D eigenvalue weighted by molar-refractivity contribution is 1.10. The zero-order chi connectivity index (χ0) is 10.3. The maximum atomic E-state index is 4.40. The minimum absolute atomic E-state index is 0.697. The smallest absolute Gasteiger partial charge is 0.234 e. The van der Waals surface area contributed by atoms with E-state index in [4.69, 9.17) is 0 Å². The van der Waals surface area contributed by atoms with Crippen molar-refractivity contribution in [2.45, 2.75) is 0 Å². The summed E-state index contributed by atoms with van der Waals surface area (Å²) in [6.07, 6.45) is 7.49. The molecular formula is C10H7BrN4. The molecule has 0 radical (unpaired) electrons. The highest BCUT2D eigenvalue weighted by atomic mass is 79.9. The number of H-pyrrole nitrogens is 1. The van der Waals surface area contributed by atoms with E-state index in [1.165, 1.54) is 0 Å². The molecule has 0 atom stereocenters. The zero-order valence-corrected chi connectivity index (χ0v) is 9.27. The van der Waals surface area contributed by atoms with Crippen LogP contribution in [0.15, 0.2) is 41.4 Å². The second-order valence-corrected chi connectivity index (χ2v) is 4.11. The average molecular weight is 263 g/mol. The van der Waals surface area contributed by atoms with E-state index in [1.807, 2.05) is 35.1 Å². The third kappa shape index (κ3) is 1.45. The van der Waals surface area contributed by atoms with Gasteiger partial charge in [-0.05, 0) is 28.1 Å². The van der Waals surface area contributed by atoms with Crippen molar-refractivity contribution in [1.82, 2.24) is 19.4 Å². The lowest BCUT2D eigenvalue weighted by Crippen LogP contribution is -1.85. The van der Waals surface area contributed by atoms with E-state index in [9.17, 15) is 0 Å². The lowest BCUT2D eigenvalue weighted by atomic mass is 10.3. The van der Waals surface area contributed by atoms with Crippen LogP contribution in [0.5, 0.6) is 0 Å². The Kier molecular flexibility index (Phi) is 1.85. The van der Waals surface area contributed by atoms with Crippen molar-refractivity contribution in [3.8, 4) is 11.4 Å². The van der Waals surface area contributed by atoms with E-state index in [2.05, 4.69) is 30.9 Å². The van der Waals surface area contributed by atoms with Gasteiger partial charge in [0.1, 0.15) is 5.69 Å². The summed E-state index contributed by atoms with van der Waals surface area (Å²) < 4.78 is 2.82. The molecule has 1 N–H and O–H groups in total. The topological polar surface area (TPSA) is 46.0 Å². The van der Waals surface area contributed by atoms with Crippen molar-refractivity contribution < 1.29 is 0 Å². The van der Waals surface area contributed by atoms with Crippen LogP contribution in [0.4, 0.5) is 0 Å². The molecule has 0 amide bonds. The number of aromatic nitrogens is 4. The van der Waals surface area contributed by atoms with Crippen LogP contribution in [-0.2, 0) is 0 Å². The molecule has 4 nitrogen and oxygen atoms in total. The summed E-state index contributed by atoms with van der Waals surface area (Å²) in [6, 6.07) is 3.93. The SMILES string of the molecule is Brc1cnc2nc(-c3ccc[nH]3)cn2c1. The standard InChI is InChI=1S/C10H7BrN4/c11-7-4-13-10-14-9(6-15(10)5-7)8-2-1-3-12-8/h1-6,12H. The van der Waals surface area contributed by atoms with Crippen molar-refractivity contribution in [2.75, 3.05) is 0 Å². The van der Waals surface area contributed by atoms with Gasteiger partial charge in [-0.25, -0.2) is 9.97 Å². The number of rotatable bonds is 1.